The van der Waals surface area contributed by atoms with E-state index in [4.69, 9.17) is 14.2 Å². The molecule has 0 aromatic heterocycles. The molecule has 1 saturated heterocycles. The largest absolute Gasteiger partial charge is 0.504 e. The van der Waals surface area contributed by atoms with E-state index < -0.39 is 34.9 Å². The molecule has 9 heteroatoms. The predicted octanol–water partition coefficient (Wildman–Crippen LogP) is 2.02. The maximum absolute atomic E-state index is 12.4. The van der Waals surface area contributed by atoms with Gasteiger partial charge in [-0.2, -0.15) is 0 Å². The Kier molecular flexibility index (Phi) is 5.88. The van der Waals surface area contributed by atoms with Crippen molar-refractivity contribution in [2.75, 3.05) is 21.3 Å². The van der Waals surface area contributed by atoms with Crippen LogP contribution >= 0.6 is 0 Å². The lowest BCUT2D eigenvalue weighted by Crippen LogP contribution is -2.37. The molecule has 1 heterocycles. The minimum atomic E-state index is -1.15. The van der Waals surface area contributed by atoms with Crippen molar-refractivity contribution in [2.45, 2.75) is 24.0 Å². The summed E-state index contributed by atoms with van der Waals surface area (Å²) in [6.45, 7) is 0. The minimum Gasteiger partial charge on any atom is -0.504 e. The zero-order valence-corrected chi connectivity index (χ0v) is 16.2. The molecule has 1 aliphatic heterocycles. The molecule has 0 saturated carbocycles. The van der Waals surface area contributed by atoms with Gasteiger partial charge in [-0.15, -0.1) is 0 Å². The van der Waals surface area contributed by atoms with E-state index in [1.807, 2.05) is 0 Å². The predicted molar refractivity (Wildman–Crippen MR) is 103 cm³/mol. The number of carbonyl (C=O) groups excluding carboxylic acids is 1. The normalized spacial score (nSPS) is 23.4. The molecule has 9 nitrogen and oxygen atoms in total. The summed E-state index contributed by atoms with van der Waals surface area (Å²) in [6, 6.07) is 8.42. The third-order valence-electron chi connectivity index (χ3n) is 5.19. The van der Waals surface area contributed by atoms with Gasteiger partial charge in [0.2, 0.25) is 6.04 Å². The number of hydrogen-bond acceptors (Lipinski definition) is 8. The van der Waals surface area contributed by atoms with Crippen molar-refractivity contribution >= 4 is 5.97 Å². The van der Waals surface area contributed by atoms with Crippen LogP contribution in [-0.2, 0) is 9.53 Å². The molecule has 4 atom stereocenters. The zero-order chi connectivity index (χ0) is 21.1. The molecule has 0 unspecified atom stereocenters. The molecular weight excluding hydrogens is 380 g/mol. The van der Waals surface area contributed by atoms with Gasteiger partial charge in [-0.3, -0.25) is 20.2 Å². The van der Waals surface area contributed by atoms with E-state index in [0.717, 1.165) is 0 Å². The monoisotopic (exact) mass is 402 g/mol. The van der Waals surface area contributed by atoms with Gasteiger partial charge in [0.15, 0.2) is 11.5 Å². The summed E-state index contributed by atoms with van der Waals surface area (Å²) < 4.78 is 15.2. The van der Waals surface area contributed by atoms with Gasteiger partial charge in [0.05, 0.1) is 27.2 Å². The maximum atomic E-state index is 12.4. The van der Waals surface area contributed by atoms with Crippen LogP contribution in [0.1, 0.15) is 23.1 Å². The Hall–Kier alpha value is -3.33. The molecule has 0 radical (unpaired) electrons. The standard InChI is InChI=1S/C20H22N2O7/c1-27-13-7-4-11(5-8-13)16-18(20(24)29-3)21-17(19(16)22(25)26)12-6-9-14(23)15(10-12)28-2/h4-10,16-19,21,23H,1-3H3/t16-,17-,18-,19+/m0/s1. The lowest BCUT2D eigenvalue weighted by molar-refractivity contribution is -0.527. The van der Waals surface area contributed by atoms with Crippen molar-refractivity contribution in [1.82, 2.24) is 5.32 Å². The number of methoxy groups -OCH3 is 3. The van der Waals surface area contributed by atoms with Gasteiger partial charge < -0.3 is 19.3 Å². The minimum absolute atomic E-state index is 0.0804. The fraction of sp³-hybridized carbons (Fsp3) is 0.350. The van der Waals surface area contributed by atoms with Crippen LogP contribution in [0.5, 0.6) is 17.2 Å². The second-order valence-electron chi connectivity index (χ2n) is 6.65. The Labute approximate surface area is 167 Å². The van der Waals surface area contributed by atoms with Crippen molar-refractivity contribution in [1.29, 1.82) is 0 Å². The summed E-state index contributed by atoms with van der Waals surface area (Å²) in [5.74, 6) is -0.650. The molecule has 29 heavy (non-hydrogen) atoms. The van der Waals surface area contributed by atoms with Gasteiger partial charge in [0.1, 0.15) is 17.8 Å². The van der Waals surface area contributed by atoms with Gasteiger partial charge in [0, 0.05) is 4.92 Å². The molecule has 2 aromatic rings. The van der Waals surface area contributed by atoms with Crippen molar-refractivity contribution in [3.05, 3.63) is 63.7 Å². The molecule has 2 N–H and O–H groups in total. The molecule has 0 spiro atoms. The lowest BCUT2D eigenvalue weighted by Gasteiger charge is -2.19. The molecule has 154 valence electrons. The van der Waals surface area contributed by atoms with Crippen molar-refractivity contribution in [2.24, 2.45) is 0 Å². The number of hydrogen-bond donors (Lipinski definition) is 2. The fourth-order valence-electron chi connectivity index (χ4n) is 3.79. The van der Waals surface area contributed by atoms with Gasteiger partial charge in [-0.25, -0.2) is 0 Å². The Bertz CT molecular complexity index is 900. The van der Waals surface area contributed by atoms with Crippen molar-refractivity contribution in [3.63, 3.8) is 0 Å². The molecule has 0 aliphatic carbocycles. The fourth-order valence-corrected chi connectivity index (χ4v) is 3.79. The lowest BCUT2D eigenvalue weighted by atomic mass is 9.85. The summed E-state index contributed by atoms with van der Waals surface area (Å²) in [6.07, 6.45) is 0. The number of rotatable bonds is 6. The van der Waals surface area contributed by atoms with Crippen LogP contribution in [0.4, 0.5) is 0 Å². The molecule has 2 aromatic carbocycles. The molecular formula is C20H22N2O7. The SMILES string of the molecule is COC(=O)[C@H]1N[C@@H](c2ccc(O)c(OC)c2)[C@H]([N+](=O)[O-])[C@H]1c1ccc(OC)cc1. The number of benzene rings is 2. The third kappa shape index (κ3) is 3.81. The van der Waals surface area contributed by atoms with Crippen LogP contribution in [0.2, 0.25) is 0 Å². The third-order valence-corrected chi connectivity index (χ3v) is 5.19. The molecule has 3 rings (SSSR count). The highest BCUT2D eigenvalue weighted by atomic mass is 16.6. The van der Waals surface area contributed by atoms with Gasteiger partial charge in [-0.1, -0.05) is 18.2 Å². The van der Waals surface area contributed by atoms with Crippen LogP contribution in [0.3, 0.4) is 0 Å². The van der Waals surface area contributed by atoms with E-state index in [0.29, 0.717) is 16.9 Å². The van der Waals surface area contributed by atoms with E-state index >= 15 is 0 Å². The zero-order valence-electron chi connectivity index (χ0n) is 16.2. The number of carbonyl (C=O) groups is 1. The number of ether oxygens (including phenoxy) is 3. The second-order valence-corrected chi connectivity index (χ2v) is 6.65. The number of nitrogens with zero attached hydrogens (tertiary/aromatic N) is 1. The Morgan fingerprint density at radius 2 is 1.72 bits per heavy atom. The number of phenolic OH excluding ortho intramolecular Hbond substituents is 1. The Balaban J connectivity index is 2.08. The van der Waals surface area contributed by atoms with Crippen LogP contribution in [-0.4, -0.2) is 49.4 Å². The molecule has 0 amide bonds. The first-order chi connectivity index (χ1) is 13.9. The van der Waals surface area contributed by atoms with Crippen LogP contribution in [0, 0.1) is 10.1 Å². The van der Waals surface area contributed by atoms with E-state index in [1.54, 1.807) is 30.3 Å². The summed E-state index contributed by atoms with van der Waals surface area (Å²) in [5, 5.41) is 25.0. The Morgan fingerprint density at radius 1 is 1.07 bits per heavy atom. The summed E-state index contributed by atoms with van der Waals surface area (Å²) in [4.78, 5) is 24.1. The molecule has 1 fully saturated rings. The van der Waals surface area contributed by atoms with E-state index in [9.17, 15) is 20.0 Å². The molecule has 1 aliphatic rings. The topological polar surface area (TPSA) is 120 Å². The van der Waals surface area contributed by atoms with E-state index in [2.05, 4.69) is 5.32 Å². The first kappa shape index (κ1) is 20.4. The number of esters is 1. The highest BCUT2D eigenvalue weighted by molar-refractivity contribution is 5.78. The summed E-state index contributed by atoms with van der Waals surface area (Å²) >= 11 is 0. The number of nitro groups is 1. The van der Waals surface area contributed by atoms with E-state index in [-0.39, 0.29) is 11.5 Å². The number of phenols is 1. The maximum Gasteiger partial charge on any atom is 0.323 e. The van der Waals surface area contributed by atoms with Gasteiger partial charge >= 0.3 is 5.97 Å². The van der Waals surface area contributed by atoms with Gasteiger partial charge in [-0.05, 0) is 35.4 Å². The first-order valence-corrected chi connectivity index (χ1v) is 8.89. The number of aromatic hydroxyl groups is 1. The van der Waals surface area contributed by atoms with Crippen molar-refractivity contribution < 1.29 is 29.0 Å². The second kappa shape index (κ2) is 8.36. The number of nitrogens with one attached hydrogen (secondary N) is 1. The first-order valence-electron chi connectivity index (χ1n) is 8.89. The van der Waals surface area contributed by atoms with Crippen molar-refractivity contribution in [3.8, 4) is 17.2 Å². The van der Waals surface area contributed by atoms with Crippen LogP contribution in [0.15, 0.2) is 42.5 Å². The van der Waals surface area contributed by atoms with Crippen LogP contribution in [0.25, 0.3) is 0 Å². The summed E-state index contributed by atoms with van der Waals surface area (Å²) in [5.41, 5.74) is 1.13. The van der Waals surface area contributed by atoms with Gasteiger partial charge in [0.25, 0.3) is 0 Å². The Morgan fingerprint density at radius 3 is 2.28 bits per heavy atom. The highest BCUT2D eigenvalue weighted by Gasteiger charge is 2.55. The molecule has 0 bridgehead atoms. The average Bonchev–Trinajstić information content (AvgIpc) is 3.14. The quantitative estimate of drug-likeness (QED) is 0.428. The van der Waals surface area contributed by atoms with Crippen LogP contribution < -0.4 is 14.8 Å². The average molecular weight is 402 g/mol. The van der Waals surface area contributed by atoms with E-state index in [1.165, 1.54) is 33.5 Å². The summed E-state index contributed by atoms with van der Waals surface area (Å²) in [7, 11) is 4.16. The smallest absolute Gasteiger partial charge is 0.323 e. The highest BCUT2D eigenvalue weighted by Crippen LogP contribution is 2.42.